The molecule has 360 valence electrons. The summed E-state index contributed by atoms with van der Waals surface area (Å²) < 4.78 is 17.2. The van der Waals surface area contributed by atoms with Gasteiger partial charge in [0.2, 0.25) is 0 Å². The number of allylic oxidation sites excluding steroid dienone is 8. The first-order valence-corrected chi connectivity index (χ1v) is 25.7. The second kappa shape index (κ2) is 44.9. The van der Waals surface area contributed by atoms with Gasteiger partial charge in [0, 0.05) is 19.3 Å². The molecule has 2 atom stereocenters. The molecule has 0 aliphatic rings. The number of carboxylic acids is 1. The highest BCUT2D eigenvalue weighted by Crippen LogP contribution is 2.15. The summed E-state index contributed by atoms with van der Waals surface area (Å²) in [6.45, 7) is 4.63. The lowest BCUT2D eigenvalue weighted by molar-refractivity contribution is -0.889. The molecule has 0 spiro atoms. The Labute approximate surface area is 382 Å². The van der Waals surface area contributed by atoms with E-state index in [1.165, 1.54) is 135 Å². The predicted octanol–water partition coefficient (Wildman–Crippen LogP) is 13.4. The molecule has 0 N–H and O–H groups in total. The molecule has 0 bridgehead atoms. The number of hydrogen-bond donors (Lipinski definition) is 0. The number of carbonyl (C=O) groups is 3. The van der Waals surface area contributed by atoms with E-state index in [1.807, 2.05) is 0 Å². The van der Waals surface area contributed by atoms with Crippen LogP contribution in [0.25, 0.3) is 0 Å². The molecular weight excluding hydrogens is 775 g/mol. The van der Waals surface area contributed by atoms with Crippen molar-refractivity contribution >= 4 is 17.9 Å². The monoisotopic (exact) mass is 872 g/mol. The molecule has 0 aromatic heterocycles. The number of nitrogens with zero attached hydrogens (tertiary/aromatic N) is 1. The van der Waals surface area contributed by atoms with Crippen LogP contribution in [0.1, 0.15) is 226 Å². The van der Waals surface area contributed by atoms with E-state index in [0.29, 0.717) is 12.8 Å². The Bertz CT molecular complexity index is 1150. The second-order valence-electron chi connectivity index (χ2n) is 18.4. The van der Waals surface area contributed by atoms with Crippen LogP contribution in [0.15, 0.2) is 48.6 Å². The van der Waals surface area contributed by atoms with Gasteiger partial charge in [0.05, 0.1) is 40.3 Å². The first-order chi connectivity index (χ1) is 30.1. The van der Waals surface area contributed by atoms with E-state index < -0.39 is 18.1 Å². The van der Waals surface area contributed by atoms with Crippen LogP contribution in [0.5, 0.6) is 0 Å². The van der Waals surface area contributed by atoms with Gasteiger partial charge in [0.25, 0.3) is 0 Å². The molecule has 8 nitrogen and oxygen atoms in total. The summed E-state index contributed by atoms with van der Waals surface area (Å²) in [4.78, 5) is 37.0. The fourth-order valence-electron chi connectivity index (χ4n) is 7.43. The average Bonchev–Trinajstić information content (AvgIpc) is 3.23. The van der Waals surface area contributed by atoms with Gasteiger partial charge >= 0.3 is 11.9 Å². The number of likely N-dealkylation sites (N-methyl/N-ethyl adjacent to an activating group) is 1. The van der Waals surface area contributed by atoms with Gasteiger partial charge < -0.3 is 28.6 Å². The highest BCUT2D eigenvalue weighted by Gasteiger charge is 2.25. The maximum atomic E-state index is 12.8. The first kappa shape index (κ1) is 59.3. The van der Waals surface area contributed by atoms with Crippen molar-refractivity contribution in [3.8, 4) is 0 Å². The van der Waals surface area contributed by atoms with Crippen molar-refractivity contribution in [1.29, 1.82) is 0 Å². The van der Waals surface area contributed by atoms with E-state index in [-0.39, 0.29) is 42.7 Å². The number of carbonyl (C=O) groups excluding carboxylic acids is 3. The van der Waals surface area contributed by atoms with Gasteiger partial charge in [0.15, 0.2) is 6.10 Å². The Morgan fingerprint density at radius 1 is 0.484 bits per heavy atom. The number of esters is 2. The van der Waals surface area contributed by atoms with E-state index >= 15 is 0 Å². The highest BCUT2D eigenvalue weighted by molar-refractivity contribution is 5.70. The number of quaternary nitrogens is 1. The van der Waals surface area contributed by atoms with Gasteiger partial charge in [-0.2, -0.15) is 0 Å². The number of carboxylic acid groups (broad SMARTS) is 1. The Morgan fingerprint density at radius 3 is 1.27 bits per heavy atom. The molecule has 0 amide bonds. The predicted molar refractivity (Wildman–Crippen MR) is 259 cm³/mol. The Hall–Kier alpha value is -2.71. The topological polar surface area (TPSA) is 102 Å². The van der Waals surface area contributed by atoms with E-state index in [4.69, 9.17) is 14.2 Å². The maximum Gasteiger partial charge on any atom is 0.306 e. The van der Waals surface area contributed by atoms with Crippen molar-refractivity contribution in [2.75, 3.05) is 41.0 Å². The SMILES string of the molecule is CCCCC/C=C\C/C=C\CCCCCCCCCC(=O)OCC(COCCC(C(=O)[O-])[N+](C)(C)C)OC(=O)CCCCCCCCCCC/C=C\C/C=C\CCCCCCC. The third kappa shape index (κ3) is 42.6. The fraction of sp³-hybridized carbons (Fsp3) is 0.796. The van der Waals surface area contributed by atoms with E-state index in [9.17, 15) is 19.5 Å². The van der Waals surface area contributed by atoms with Crippen LogP contribution < -0.4 is 5.11 Å². The molecule has 8 heteroatoms. The Morgan fingerprint density at radius 2 is 0.855 bits per heavy atom. The molecule has 0 heterocycles. The molecule has 0 aliphatic heterocycles. The Kier molecular flexibility index (Phi) is 42.9. The summed E-state index contributed by atoms with van der Waals surface area (Å²) in [5.74, 6) is -1.74. The minimum atomic E-state index is -1.13. The zero-order chi connectivity index (χ0) is 45.6. The number of aliphatic carboxylic acids is 1. The van der Waals surface area contributed by atoms with Gasteiger partial charge in [-0.3, -0.25) is 9.59 Å². The van der Waals surface area contributed by atoms with Crippen molar-refractivity contribution in [2.24, 2.45) is 0 Å². The van der Waals surface area contributed by atoms with Gasteiger partial charge in [0.1, 0.15) is 12.6 Å². The van der Waals surface area contributed by atoms with E-state index in [2.05, 4.69) is 62.5 Å². The highest BCUT2D eigenvalue weighted by atomic mass is 16.6. The molecule has 62 heavy (non-hydrogen) atoms. The van der Waals surface area contributed by atoms with Crippen molar-refractivity contribution in [3.05, 3.63) is 48.6 Å². The lowest BCUT2D eigenvalue weighted by atomic mass is 10.1. The molecule has 0 radical (unpaired) electrons. The molecule has 0 aromatic rings. The summed E-state index contributed by atoms with van der Waals surface area (Å²) in [5.41, 5.74) is 0. The molecule has 0 aliphatic carbocycles. The second-order valence-corrected chi connectivity index (χ2v) is 18.4. The van der Waals surface area contributed by atoms with Crippen LogP contribution in [-0.2, 0) is 28.6 Å². The number of unbranched alkanes of at least 4 members (excludes halogenated alkanes) is 24. The van der Waals surface area contributed by atoms with Gasteiger partial charge in [-0.15, -0.1) is 0 Å². The normalized spacial score (nSPS) is 13.2. The lowest BCUT2D eigenvalue weighted by Crippen LogP contribution is -2.55. The first-order valence-electron chi connectivity index (χ1n) is 25.7. The number of hydrogen-bond acceptors (Lipinski definition) is 7. The smallest absolute Gasteiger partial charge is 0.306 e. The van der Waals surface area contributed by atoms with Gasteiger partial charge in [-0.1, -0.05) is 178 Å². The molecular formula is C54H97NO7. The molecule has 0 saturated heterocycles. The van der Waals surface area contributed by atoms with E-state index in [0.717, 1.165) is 57.8 Å². The van der Waals surface area contributed by atoms with Crippen molar-refractivity contribution in [2.45, 2.75) is 238 Å². The minimum Gasteiger partial charge on any atom is -0.544 e. The van der Waals surface area contributed by atoms with Gasteiger partial charge in [-0.05, 0) is 77.0 Å². The largest absolute Gasteiger partial charge is 0.544 e. The standard InChI is InChI=1S/C54H97NO7/c1-6-8-10-12-14-16-18-20-22-24-25-26-27-29-31-33-35-37-39-41-43-45-53(57)62-50(48-60-47-46-51(54(58)59)55(3,4)5)49-61-52(56)44-42-40-38-36-34-32-30-28-23-21-19-17-15-13-11-9-7-2/h15,17-18,20-21,23-25,50-51H,6-14,16,19,22,26-49H2,1-5H3/b17-15-,20-18-,23-21-,25-24-. The summed E-state index contributed by atoms with van der Waals surface area (Å²) in [6, 6.07) is -0.729. The van der Waals surface area contributed by atoms with Crippen LogP contribution in [0.4, 0.5) is 0 Å². The molecule has 0 fully saturated rings. The summed E-state index contributed by atoms with van der Waals surface area (Å²) in [7, 11) is 5.41. The van der Waals surface area contributed by atoms with Crippen LogP contribution in [-0.4, -0.2) is 75.5 Å². The number of ether oxygens (including phenoxy) is 3. The lowest BCUT2D eigenvalue weighted by Gasteiger charge is -2.34. The fourth-order valence-corrected chi connectivity index (χ4v) is 7.43. The molecule has 0 rings (SSSR count). The zero-order valence-corrected chi connectivity index (χ0v) is 41.0. The van der Waals surface area contributed by atoms with Crippen LogP contribution in [0, 0.1) is 0 Å². The Balaban J connectivity index is 4.26. The summed E-state index contributed by atoms with van der Waals surface area (Å²) in [5, 5.41) is 11.7. The van der Waals surface area contributed by atoms with Crippen molar-refractivity contribution in [3.63, 3.8) is 0 Å². The van der Waals surface area contributed by atoms with E-state index in [1.54, 1.807) is 21.1 Å². The van der Waals surface area contributed by atoms with Crippen LogP contribution in [0.2, 0.25) is 0 Å². The summed E-state index contributed by atoms with van der Waals surface area (Å²) in [6.07, 6.45) is 54.2. The minimum absolute atomic E-state index is 0.0365. The van der Waals surface area contributed by atoms with Crippen LogP contribution in [0.3, 0.4) is 0 Å². The van der Waals surface area contributed by atoms with Crippen molar-refractivity contribution < 1.29 is 38.2 Å². The third-order valence-electron chi connectivity index (χ3n) is 11.4. The van der Waals surface area contributed by atoms with Crippen LogP contribution >= 0.6 is 0 Å². The quantitative estimate of drug-likeness (QED) is 0.0260. The average molecular weight is 872 g/mol. The number of rotatable bonds is 46. The third-order valence-corrected chi connectivity index (χ3v) is 11.4. The molecule has 0 saturated carbocycles. The van der Waals surface area contributed by atoms with Gasteiger partial charge in [-0.25, -0.2) is 0 Å². The van der Waals surface area contributed by atoms with Crippen molar-refractivity contribution in [1.82, 2.24) is 0 Å². The molecule has 2 unspecified atom stereocenters. The maximum absolute atomic E-state index is 12.8. The summed E-state index contributed by atoms with van der Waals surface area (Å²) >= 11 is 0. The zero-order valence-electron chi connectivity index (χ0n) is 41.0. The molecule has 0 aromatic carbocycles.